The fourth-order valence-electron chi connectivity index (χ4n) is 4.34. The third-order valence-electron chi connectivity index (χ3n) is 6.50. The SMILES string of the molecule is CCC(CC)C(=O)NCC1OC(CC(=O)N2CCN(c3ccc(F)cc3)CC2)C(O)C1O. The second kappa shape index (κ2) is 11.1. The normalized spacial score (nSPS) is 25.9. The number of aliphatic hydroxyl groups is 2. The van der Waals surface area contributed by atoms with Crippen molar-refractivity contribution in [1.29, 1.82) is 0 Å². The molecule has 2 heterocycles. The minimum Gasteiger partial charge on any atom is -0.388 e. The molecule has 3 N–H and O–H groups in total. The molecule has 1 aromatic rings. The number of nitrogens with zero attached hydrogens (tertiary/aromatic N) is 2. The summed E-state index contributed by atoms with van der Waals surface area (Å²) >= 11 is 0. The minimum atomic E-state index is -1.19. The molecule has 0 aliphatic carbocycles. The molecule has 0 spiro atoms. The highest BCUT2D eigenvalue weighted by atomic mass is 19.1. The van der Waals surface area contributed by atoms with Gasteiger partial charge in [0.15, 0.2) is 0 Å². The van der Waals surface area contributed by atoms with Crippen LogP contribution >= 0.6 is 0 Å². The molecule has 9 heteroatoms. The Morgan fingerprint density at radius 2 is 1.66 bits per heavy atom. The van der Waals surface area contributed by atoms with Crippen molar-refractivity contribution in [2.24, 2.45) is 5.92 Å². The van der Waals surface area contributed by atoms with Crippen molar-refractivity contribution < 1.29 is 28.9 Å². The van der Waals surface area contributed by atoms with E-state index in [0.29, 0.717) is 26.2 Å². The van der Waals surface area contributed by atoms with E-state index in [9.17, 15) is 24.2 Å². The molecule has 178 valence electrons. The number of anilines is 1. The lowest BCUT2D eigenvalue weighted by Crippen LogP contribution is -2.49. The number of hydrogen-bond donors (Lipinski definition) is 3. The monoisotopic (exact) mass is 451 g/mol. The summed E-state index contributed by atoms with van der Waals surface area (Å²) in [5.74, 6) is -0.627. The predicted octanol–water partition coefficient (Wildman–Crippen LogP) is 0.906. The van der Waals surface area contributed by atoms with Crippen LogP contribution in [-0.2, 0) is 14.3 Å². The lowest BCUT2D eigenvalue weighted by Gasteiger charge is -2.36. The molecule has 2 saturated heterocycles. The predicted molar refractivity (Wildman–Crippen MR) is 118 cm³/mol. The Morgan fingerprint density at radius 3 is 2.25 bits per heavy atom. The van der Waals surface area contributed by atoms with Crippen LogP contribution in [0.1, 0.15) is 33.1 Å². The van der Waals surface area contributed by atoms with Crippen LogP contribution in [-0.4, -0.2) is 84.1 Å². The summed E-state index contributed by atoms with van der Waals surface area (Å²) in [7, 11) is 0. The lowest BCUT2D eigenvalue weighted by molar-refractivity contribution is -0.136. The molecular weight excluding hydrogens is 417 g/mol. The van der Waals surface area contributed by atoms with Crippen LogP contribution < -0.4 is 10.2 Å². The van der Waals surface area contributed by atoms with E-state index in [2.05, 4.69) is 10.2 Å². The Kier molecular flexibility index (Phi) is 8.44. The third-order valence-corrected chi connectivity index (χ3v) is 6.50. The second-order valence-electron chi connectivity index (χ2n) is 8.50. The van der Waals surface area contributed by atoms with Crippen LogP contribution in [0, 0.1) is 11.7 Å². The van der Waals surface area contributed by atoms with E-state index in [1.165, 1.54) is 12.1 Å². The second-order valence-corrected chi connectivity index (χ2v) is 8.50. The van der Waals surface area contributed by atoms with E-state index in [4.69, 9.17) is 4.74 Å². The van der Waals surface area contributed by atoms with E-state index in [1.807, 2.05) is 13.8 Å². The van der Waals surface area contributed by atoms with Crippen LogP contribution in [0.4, 0.5) is 10.1 Å². The van der Waals surface area contributed by atoms with Crippen LogP contribution in [0.15, 0.2) is 24.3 Å². The summed E-state index contributed by atoms with van der Waals surface area (Å²) in [4.78, 5) is 28.7. The van der Waals surface area contributed by atoms with E-state index < -0.39 is 24.4 Å². The molecule has 2 aliphatic heterocycles. The van der Waals surface area contributed by atoms with Crippen molar-refractivity contribution in [3.8, 4) is 0 Å². The summed E-state index contributed by atoms with van der Waals surface area (Å²) in [6.45, 7) is 6.25. The van der Waals surface area contributed by atoms with Crippen LogP contribution in [0.25, 0.3) is 0 Å². The topological polar surface area (TPSA) is 102 Å². The van der Waals surface area contributed by atoms with Gasteiger partial charge in [0.2, 0.25) is 11.8 Å². The van der Waals surface area contributed by atoms with Gasteiger partial charge in [-0.15, -0.1) is 0 Å². The molecule has 2 amide bonds. The fraction of sp³-hybridized carbons (Fsp3) is 0.652. The maximum atomic E-state index is 13.1. The number of piperazine rings is 1. The number of nitrogens with one attached hydrogen (secondary N) is 1. The van der Waals surface area contributed by atoms with Gasteiger partial charge < -0.3 is 30.1 Å². The summed E-state index contributed by atoms with van der Waals surface area (Å²) < 4.78 is 18.9. The van der Waals surface area contributed by atoms with E-state index in [1.54, 1.807) is 17.0 Å². The molecule has 2 fully saturated rings. The van der Waals surface area contributed by atoms with Crippen molar-refractivity contribution >= 4 is 17.5 Å². The Balaban J connectivity index is 1.46. The molecular formula is C23H34FN3O5. The Morgan fingerprint density at radius 1 is 1.06 bits per heavy atom. The minimum absolute atomic E-state index is 0.0359. The number of benzene rings is 1. The number of carbonyl (C=O) groups excluding carboxylic acids is 2. The highest BCUT2D eigenvalue weighted by molar-refractivity contribution is 5.78. The zero-order valence-electron chi connectivity index (χ0n) is 18.7. The van der Waals surface area contributed by atoms with Crippen molar-refractivity contribution in [3.05, 3.63) is 30.1 Å². The zero-order valence-corrected chi connectivity index (χ0v) is 18.7. The molecule has 2 aliphatic rings. The van der Waals surface area contributed by atoms with Gasteiger partial charge in [-0.05, 0) is 37.1 Å². The number of amides is 2. The lowest BCUT2D eigenvalue weighted by atomic mass is 10.0. The molecule has 0 radical (unpaired) electrons. The Bertz CT molecular complexity index is 765. The number of hydrogen-bond acceptors (Lipinski definition) is 6. The quantitative estimate of drug-likeness (QED) is 0.543. The highest BCUT2D eigenvalue weighted by Crippen LogP contribution is 2.25. The molecule has 4 atom stereocenters. The van der Waals surface area contributed by atoms with Gasteiger partial charge in [-0.2, -0.15) is 0 Å². The Labute approximate surface area is 188 Å². The molecule has 0 aromatic heterocycles. The van der Waals surface area contributed by atoms with E-state index in [0.717, 1.165) is 18.5 Å². The van der Waals surface area contributed by atoms with Gasteiger partial charge >= 0.3 is 0 Å². The smallest absolute Gasteiger partial charge is 0.225 e. The van der Waals surface area contributed by atoms with E-state index in [-0.39, 0.29) is 36.5 Å². The number of carbonyl (C=O) groups is 2. The summed E-state index contributed by atoms with van der Waals surface area (Å²) in [6, 6.07) is 6.28. The third kappa shape index (κ3) is 5.76. The van der Waals surface area contributed by atoms with E-state index >= 15 is 0 Å². The standard InChI is InChI=1S/C23H34FN3O5/c1-3-15(4-2)23(31)25-14-19-22(30)21(29)18(32-19)13-20(28)27-11-9-26(10-12-27)17-7-5-16(24)6-8-17/h5-8,15,18-19,21-22,29-30H,3-4,9-14H2,1-2H3,(H,25,31). The first-order valence-corrected chi connectivity index (χ1v) is 11.4. The largest absolute Gasteiger partial charge is 0.388 e. The first kappa shape index (κ1) is 24.4. The average molecular weight is 452 g/mol. The first-order valence-electron chi connectivity index (χ1n) is 11.4. The molecule has 1 aromatic carbocycles. The van der Waals surface area contributed by atoms with Gasteiger partial charge in [-0.25, -0.2) is 4.39 Å². The maximum Gasteiger partial charge on any atom is 0.225 e. The molecule has 4 unspecified atom stereocenters. The number of halogens is 1. The molecule has 0 bridgehead atoms. The molecule has 8 nitrogen and oxygen atoms in total. The zero-order chi connectivity index (χ0) is 23.3. The summed E-state index contributed by atoms with van der Waals surface area (Å²) in [6.07, 6.45) is -2.50. The van der Waals surface area contributed by atoms with Gasteiger partial charge in [-0.3, -0.25) is 9.59 Å². The van der Waals surface area contributed by atoms with Crippen LogP contribution in [0.2, 0.25) is 0 Å². The maximum absolute atomic E-state index is 13.1. The van der Waals surface area contributed by atoms with Crippen molar-refractivity contribution in [3.63, 3.8) is 0 Å². The van der Waals surface area contributed by atoms with Gasteiger partial charge in [0.25, 0.3) is 0 Å². The van der Waals surface area contributed by atoms with Crippen molar-refractivity contribution in [2.75, 3.05) is 37.6 Å². The van der Waals surface area contributed by atoms with Gasteiger partial charge in [0.1, 0.15) is 24.1 Å². The number of aliphatic hydroxyl groups excluding tert-OH is 2. The van der Waals surface area contributed by atoms with Crippen molar-refractivity contribution in [1.82, 2.24) is 10.2 Å². The summed E-state index contributed by atoms with van der Waals surface area (Å²) in [5.41, 5.74) is 0.912. The fourth-order valence-corrected chi connectivity index (χ4v) is 4.34. The molecule has 0 saturated carbocycles. The first-order chi connectivity index (χ1) is 15.3. The van der Waals surface area contributed by atoms with Gasteiger partial charge in [0, 0.05) is 44.3 Å². The van der Waals surface area contributed by atoms with Crippen LogP contribution in [0.3, 0.4) is 0 Å². The van der Waals surface area contributed by atoms with Gasteiger partial charge in [0.05, 0.1) is 12.5 Å². The summed E-state index contributed by atoms with van der Waals surface area (Å²) in [5, 5.41) is 23.4. The number of ether oxygens (including phenoxy) is 1. The molecule has 3 rings (SSSR count). The Hall–Kier alpha value is -2.23. The van der Waals surface area contributed by atoms with Crippen molar-refractivity contribution in [2.45, 2.75) is 57.5 Å². The number of rotatable bonds is 8. The molecule has 32 heavy (non-hydrogen) atoms. The highest BCUT2D eigenvalue weighted by Gasteiger charge is 2.44. The van der Waals surface area contributed by atoms with Crippen LogP contribution in [0.5, 0.6) is 0 Å². The van der Waals surface area contributed by atoms with Gasteiger partial charge in [-0.1, -0.05) is 13.8 Å². The average Bonchev–Trinajstić information content (AvgIpc) is 3.07.